The lowest BCUT2D eigenvalue weighted by atomic mass is 10.1. The molecule has 0 saturated heterocycles. The van der Waals surface area contributed by atoms with Gasteiger partial charge in [-0.15, -0.1) is 0 Å². The fraction of sp³-hybridized carbons (Fsp3) is 0.154. The number of carboxylic acids is 1. The van der Waals surface area contributed by atoms with Crippen LogP contribution in [0.3, 0.4) is 0 Å². The summed E-state index contributed by atoms with van der Waals surface area (Å²) in [5.74, 6) is -1.75. The lowest BCUT2D eigenvalue weighted by molar-refractivity contribution is -0.133. The van der Waals surface area contributed by atoms with Crippen molar-refractivity contribution in [2.24, 2.45) is 0 Å². The van der Waals surface area contributed by atoms with Gasteiger partial charge in [0.15, 0.2) is 0 Å². The van der Waals surface area contributed by atoms with Gasteiger partial charge in [-0.1, -0.05) is 11.6 Å². The molecule has 1 amide bonds. The van der Waals surface area contributed by atoms with E-state index in [0.29, 0.717) is 5.02 Å². The number of carbonyl (C=O) groups is 2. The summed E-state index contributed by atoms with van der Waals surface area (Å²) < 4.78 is 0. The summed E-state index contributed by atoms with van der Waals surface area (Å²) >= 11 is 5.78. The van der Waals surface area contributed by atoms with Crippen LogP contribution in [0.15, 0.2) is 29.3 Å². The number of nitrogens with one attached hydrogen (secondary N) is 1. The van der Waals surface area contributed by atoms with Crippen molar-refractivity contribution in [3.05, 3.63) is 39.9 Å². The maximum Gasteiger partial charge on any atom is 0.331 e. The standard InChI is InChI=1S/C13H11ClN2O3/c1-7(8(2)13(18)19)12(17)16-11-5-10(14)4-3-9(11)6-15/h3-5H,1-2H3,(H,16,17)(H,18,19). The molecule has 0 heterocycles. The number of nitriles is 1. The molecule has 0 spiro atoms. The van der Waals surface area contributed by atoms with E-state index >= 15 is 0 Å². The molecule has 0 bridgehead atoms. The molecule has 0 aliphatic heterocycles. The van der Waals surface area contributed by atoms with Crippen LogP contribution in [0.2, 0.25) is 5.02 Å². The molecule has 0 unspecified atom stereocenters. The molecular weight excluding hydrogens is 268 g/mol. The van der Waals surface area contributed by atoms with Crippen LogP contribution in [0.5, 0.6) is 0 Å². The maximum absolute atomic E-state index is 11.9. The molecular formula is C13H11ClN2O3. The van der Waals surface area contributed by atoms with Gasteiger partial charge >= 0.3 is 5.97 Å². The number of amides is 1. The van der Waals surface area contributed by atoms with Crippen LogP contribution in [0.4, 0.5) is 5.69 Å². The highest BCUT2D eigenvalue weighted by atomic mass is 35.5. The molecule has 0 aromatic heterocycles. The minimum absolute atomic E-state index is 0.0574. The minimum Gasteiger partial charge on any atom is -0.478 e. The predicted octanol–water partition coefficient (Wildman–Crippen LogP) is 2.57. The number of carboxylic acid groups (broad SMARTS) is 1. The molecule has 0 fully saturated rings. The molecule has 6 heteroatoms. The van der Waals surface area contributed by atoms with E-state index in [2.05, 4.69) is 5.32 Å². The van der Waals surface area contributed by atoms with Gasteiger partial charge in [-0.05, 0) is 32.0 Å². The number of carbonyl (C=O) groups excluding carboxylic acids is 1. The van der Waals surface area contributed by atoms with Crippen LogP contribution in [-0.4, -0.2) is 17.0 Å². The van der Waals surface area contributed by atoms with E-state index in [1.54, 1.807) is 0 Å². The van der Waals surface area contributed by atoms with E-state index in [9.17, 15) is 9.59 Å². The van der Waals surface area contributed by atoms with Crippen molar-refractivity contribution >= 4 is 29.2 Å². The lowest BCUT2D eigenvalue weighted by Crippen LogP contribution is -2.16. The summed E-state index contributed by atoms with van der Waals surface area (Å²) in [4.78, 5) is 22.6. The van der Waals surface area contributed by atoms with Crippen LogP contribution in [-0.2, 0) is 9.59 Å². The fourth-order valence-corrected chi connectivity index (χ4v) is 1.44. The van der Waals surface area contributed by atoms with Crippen LogP contribution in [0.1, 0.15) is 19.4 Å². The zero-order valence-corrected chi connectivity index (χ0v) is 11.1. The van der Waals surface area contributed by atoms with Crippen molar-refractivity contribution in [2.75, 3.05) is 5.32 Å². The predicted molar refractivity (Wildman–Crippen MR) is 70.8 cm³/mol. The normalized spacial score (nSPS) is 11.3. The highest BCUT2D eigenvalue weighted by molar-refractivity contribution is 6.31. The van der Waals surface area contributed by atoms with E-state index in [1.807, 2.05) is 6.07 Å². The molecule has 0 radical (unpaired) electrons. The zero-order valence-electron chi connectivity index (χ0n) is 10.3. The number of anilines is 1. The lowest BCUT2D eigenvalue weighted by Gasteiger charge is -2.08. The average Bonchev–Trinajstić information content (AvgIpc) is 2.37. The number of nitrogens with zero attached hydrogens (tertiary/aromatic N) is 1. The Hall–Kier alpha value is -2.32. The molecule has 0 saturated carbocycles. The van der Waals surface area contributed by atoms with Crippen molar-refractivity contribution in [1.82, 2.24) is 0 Å². The number of halogens is 1. The number of benzene rings is 1. The summed E-state index contributed by atoms with van der Waals surface area (Å²) in [5.41, 5.74) is 0.505. The van der Waals surface area contributed by atoms with Crippen molar-refractivity contribution in [1.29, 1.82) is 5.26 Å². The second kappa shape index (κ2) is 6.03. The quantitative estimate of drug-likeness (QED) is 0.832. The smallest absolute Gasteiger partial charge is 0.331 e. The highest BCUT2D eigenvalue weighted by Gasteiger charge is 2.14. The summed E-state index contributed by atoms with van der Waals surface area (Å²) in [6.07, 6.45) is 0. The second-order valence-electron chi connectivity index (χ2n) is 3.81. The van der Waals surface area contributed by atoms with Crippen molar-refractivity contribution in [3.8, 4) is 6.07 Å². The molecule has 0 atom stereocenters. The Labute approximate surface area is 115 Å². The van der Waals surface area contributed by atoms with Crippen LogP contribution in [0, 0.1) is 11.3 Å². The van der Waals surface area contributed by atoms with Gasteiger partial charge in [-0.2, -0.15) is 5.26 Å². The Bertz CT molecular complexity index is 615. The van der Waals surface area contributed by atoms with E-state index in [0.717, 1.165) is 0 Å². The van der Waals surface area contributed by atoms with Crippen LogP contribution >= 0.6 is 11.6 Å². The molecule has 98 valence electrons. The monoisotopic (exact) mass is 278 g/mol. The molecule has 19 heavy (non-hydrogen) atoms. The van der Waals surface area contributed by atoms with Gasteiger partial charge < -0.3 is 10.4 Å². The third-order valence-electron chi connectivity index (χ3n) is 2.57. The van der Waals surface area contributed by atoms with Gasteiger partial charge in [-0.3, -0.25) is 4.79 Å². The van der Waals surface area contributed by atoms with E-state index in [4.69, 9.17) is 22.0 Å². The first kappa shape index (κ1) is 14.7. The van der Waals surface area contributed by atoms with Gasteiger partial charge in [0.1, 0.15) is 6.07 Å². The Morgan fingerprint density at radius 1 is 1.32 bits per heavy atom. The largest absolute Gasteiger partial charge is 0.478 e. The Morgan fingerprint density at radius 3 is 2.47 bits per heavy atom. The number of hydrogen-bond acceptors (Lipinski definition) is 3. The van der Waals surface area contributed by atoms with Crippen molar-refractivity contribution in [3.63, 3.8) is 0 Å². The molecule has 0 aliphatic rings. The van der Waals surface area contributed by atoms with Gasteiger partial charge in [0.2, 0.25) is 0 Å². The van der Waals surface area contributed by atoms with Gasteiger partial charge in [-0.25, -0.2) is 4.79 Å². The van der Waals surface area contributed by atoms with Gasteiger partial charge in [0, 0.05) is 16.2 Å². The SMILES string of the molecule is CC(C(=O)O)=C(C)C(=O)Nc1cc(Cl)ccc1C#N. The van der Waals surface area contributed by atoms with Crippen molar-refractivity contribution < 1.29 is 14.7 Å². The molecule has 1 aromatic carbocycles. The molecule has 0 aliphatic carbocycles. The average molecular weight is 279 g/mol. The number of rotatable bonds is 3. The van der Waals surface area contributed by atoms with E-state index < -0.39 is 11.9 Å². The summed E-state index contributed by atoms with van der Waals surface area (Å²) in [7, 11) is 0. The Balaban J connectivity index is 3.08. The topological polar surface area (TPSA) is 90.2 Å². The van der Waals surface area contributed by atoms with Crippen molar-refractivity contribution in [2.45, 2.75) is 13.8 Å². The first-order valence-electron chi connectivity index (χ1n) is 5.28. The summed E-state index contributed by atoms with van der Waals surface area (Å²) in [5, 5.41) is 20.5. The zero-order chi connectivity index (χ0) is 14.6. The van der Waals surface area contributed by atoms with Crippen LogP contribution in [0.25, 0.3) is 0 Å². The summed E-state index contributed by atoms with van der Waals surface area (Å²) in [6.45, 7) is 2.73. The van der Waals surface area contributed by atoms with E-state index in [1.165, 1.54) is 32.0 Å². The first-order valence-corrected chi connectivity index (χ1v) is 5.66. The number of hydrogen-bond donors (Lipinski definition) is 2. The Morgan fingerprint density at radius 2 is 1.95 bits per heavy atom. The van der Waals surface area contributed by atoms with Gasteiger partial charge in [0.05, 0.1) is 11.3 Å². The highest BCUT2D eigenvalue weighted by Crippen LogP contribution is 2.21. The number of aliphatic carboxylic acids is 1. The van der Waals surface area contributed by atoms with Gasteiger partial charge in [0.25, 0.3) is 5.91 Å². The second-order valence-corrected chi connectivity index (χ2v) is 4.25. The maximum atomic E-state index is 11.9. The minimum atomic E-state index is -1.17. The third kappa shape index (κ3) is 3.57. The molecule has 2 N–H and O–H groups in total. The third-order valence-corrected chi connectivity index (χ3v) is 2.81. The summed E-state index contributed by atoms with van der Waals surface area (Å²) in [6, 6.07) is 6.35. The van der Waals surface area contributed by atoms with E-state index in [-0.39, 0.29) is 22.4 Å². The molecule has 5 nitrogen and oxygen atoms in total. The molecule has 1 aromatic rings. The first-order chi connectivity index (χ1) is 8.86. The van der Waals surface area contributed by atoms with Crippen LogP contribution < -0.4 is 5.32 Å². The Kier molecular flexibility index (Phi) is 4.67. The fourth-order valence-electron chi connectivity index (χ4n) is 1.26. The molecule has 1 rings (SSSR count).